The molecule has 0 unspecified atom stereocenters. The smallest absolute Gasteiger partial charge is 0.308 e. The number of rotatable bonds is 5. The van der Waals surface area contributed by atoms with Crippen molar-refractivity contribution in [3.8, 4) is 0 Å². The molecule has 1 heterocycles. The number of carbonyl (C=O) groups excluding carboxylic acids is 1. The van der Waals surface area contributed by atoms with E-state index in [1.807, 2.05) is 24.3 Å². The molecule has 0 bridgehead atoms. The van der Waals surface area contributed by atoms with Crippen LogP contribution in [0.3, 0.4) is 0 Å². The van der Waals surface area contributed by atoms with Crippen LogP contribution in [0.1, 0.15) is 25.3 Å². The second-order valence-electron chi connectivity index (χ2n) is 4.77. The SMILES string of the molecule is CCCCc1ccc(NC(=O)Nc2cncc(Br)c2)cc1. The molecular weight excluding hydrogens is 330 g/mol. The van der Waals surface area contributed by atoms with Gasteiger partial charge in [0.15, 0.2) is 0 Å². The van der Waals surface area contributed by atoms with E-state index >= 15 is 0 Å². The molecule has 1 aromatic heterocycles. The van der Waals surface area contributed by atoms with E-state index in [1.54, 1.807) is 18.5 Å². The Bertz CT molecular complexity index is 599. The van der Waals surface area contributed by atoms with Crippen LogP contribution in [0.25, 0.3) is 0 Å². The summed E-state index contributed by atoms with van der Waals surface area (Å²) in [6.45, 7) is 2.18. The molecule has 0 aliphatic carbocycles. The van der Waals surface area contributed by atoms with Crippen molar-refractivity contribution in [2.45, 2.75) is 26.2 Å². The van der Waals surface area contributed by atoms with Crippen molar-refractivity contribution in [1.29, 1.82) is 0 Å². The Hall–Kier alpha value is -1.88. The van der Waals surface area contributed by atoms with Gasteiger partial charge in [0.25, 0.3) is 0 Å². The van der Waals surface area contributed by atoms with Crippen molar-refractivity contribution >= 4 is 33.3 Å². The van der Waals surface area contributed by atoms with Gasteiger partial charge in [-0.1, -0.05) is 25.5 Å². The number of benzene rings is 1. The second kappa shape index (κ2) is 7.78. The molecular formula is C16H18BrN3O. The molecule has 0 radical (unpaired) electrons. The van der Waals surface area contributed by atoms with Crippen LogP contribution < -0.4 is 10.6 Å². The molecule has 4 nitrogen and oxygen atoms in total. The predicted molar refractivity (Wildman–Crippen MR) is 89.6 cm³/mol. The molecule has 0 aliphatic heterocycles. The Morgan fingerprint density at radius 3 is 2.52 bits per heavy atom. The average molecular weight is 348 g/mol. The van der Waals surface area contributed by atoms with Crippen LogP contribution in [-0.4, -0.2) is 11.0 Å². The van der Waals surface area contributed by atoms with Crippen molar-refractivity contribution in [2.75, 3.05) is 10.6 Å². The first kappa shape index (κ1) is 15.5. The first-order valence-corrected chi connectivity index (χ1v) is 7.74. The number of nitrogens with zero attached hydrogens (tertiary/aromatic N) is 1. The second-order valence-corrected chi connectivity index (χ2v) is 5.69. The molecule has 110 valence electrons. The molecule has 2 rings (SSSR count). The van der Waals surface area contributed by atoms with Crippen molar-refractivity contribution in [3.05, 3.63) is 52.8 Å². The maximum absolute atomic E-state index is 11.9. The van der Waals surface area contributed by atoms with E-state index in [-0.39, 0.29) is 6.03 Å². The zero-order valence-electron chi connectivity index (χ0n) is 11.9. The summed E-state index contributed by atoms with van der Waals surface area (Å²) in [7, 11) is 0. The summed E-state index contributed by atoms with van der Waals surface area (Å²) < 4.78 is 0.820. The number of halogens is 1. The van der Waals surface area contributed by atoms with Crippen LogP contribution >= 0.6 is 15.9 Å². The summed E-state index contributed by atoms with van der Waals surface area (Å²) in [6.07, 6.45) is 6.70. The summed E-state index contributed by atoms with van der Waals surface area (Å²) in [5.74, 6) is 0. The monoisotopic (exact) mass is 347 g/mol. The Labute approximate surface area is 133 Å². The summed E-state index contributed by atoms with van der Waals surface area (Å²) in [5.41, 5.74) is 2.70. The third kappa shape index (κ3) is 5.19. The molecule has 2 aromatic rings. The lowest BCUT2D eigenvalue weighted by atomic mass is 10.1. The van der Waals surface area contributed by atoms with Gasteiger partial charge in [-0.05, 0) is 52.5 Å². The third-order valence-corrected chi connectivity index (χ3v) is 3.43. The number of amides is 2. The molecule has 21 heavy (non-hydrogen) atoms. The standard InChI is InChI=1S/C16H18BrN3O/c1-2-3-4-12-5-7-14(8-6-12)19-16(21)20-15-9-13(17)10-18-11-15/h5-11H,2-4H2,1H3,(H2,19,20,21). The van der Waals surface area contributed by atoms with Crippen molar-refractivity contribution < 1.29 is 4.79 Å². The Kier molecular flexibility index (Phi) is 5.75. The van der Waals surface area contributed by atoms with E-state index < -0.39 is 0 Å². The van der Waals surface area contributed by atoms with Gasteiger partial charge in [0, 0.05) is 16.4 Å². The number of hydrogen-bond donors (Lipinski definition) is 2. The zero-order chi connectivity index (χ0) is 15.1. The van der Waals surface area contributed by atoms with Crippen LogP contribution in [0.4, 0.5) is 16.2 Å². The van der Waals surface area contributed by atoms with Crippen LogP contribution in [-0.2, 0) is 6.42 Å². The molecule has 5 heteroatoms. The zero-order valence-corrected chi connectivity index (χ0v) is 13.5. The minimum atomic E-state index is -0.281. The van der Waals surface area contributed by atoms with E-state index in [4.69, 9.17) is 0 Å². The molecule has 0 aliphatic rings. The lowest BCUT2D eigenvalue weighted by Gasteiger charge is -2.08. The van der Waals surface area contributed by atoms with Crippen molar-refractivity contribution in [3.63, 3.8) is 0 Å². The summed E-state index contributed by atoms with van der Waals surface area (Å²) >= 11 is 3.31. The van der Waals surface area contributed by atoms with Gasteiger partial charge in [0.05, 0.1) is 11.9 Å². The van der Waals surface area contributed by atoms with Crippen LogP contribution in [0.2, 0.25) is 0 Å². The van der Waals surface area contributed by atoms with E-state index in [0.717, 1.165) is 16.6 Å². The highest BCUT2D eigenvalue weighted by molar-refractivity contribution is 9.10. The molecule has 0 fully saturated rings. The normalized spacial score (nSPS) is 10.2. The third-order valence-electron chi connectivity index (χ3n) is 2.99. The first-order valence-electron chi connectivity index (χ1n) is 6.95. The maximum Gasteiger partial charge on any atom is 0.323 e. The number of pyridine rings is 1. The highest BCUT2D eigenvalue weighted by atomic mass is 79.9. The fraction of sp³-hybridized carbons (Fsp3) is 0.250. The number of urea groups is 1. The van der Waals surface area contributed by atoms with Gasteiger partial charge in [-0.15, -0.1) is 0 Å². The number of anilines is 2. The Morgan fingerprint density at radius 1 is 1.14 bits per heavy atom. The molecule has 0 atom stereocenters. The molecule has 1 aromatic carbocycles. The summed E-state index contributed by atoms with van der Waals surface area (Å²) in [6, 6.07) is 9.45. The van der Waals surface area contributed by atoms with E-state index in [1.165, 1.54) is 18.4 Å². The van der Waals surface area contributed by atoms with Gasteiger partial charge in [-0.2, -0.15) is 0 Å². The fourth-order valence-corrected chi connectivity index (χ4v) is 2.27. The lowest BCUT2D eigenvalue weighted by molar-refractivity contribution is 0.262. The number of nitrogens with one attached hydrogen (secondary N) is 2. The van der Waals surface area contributed by atoms with Gasteiger partial charge in [0.2, 0.25) is 0 Å². The van der Waals surface area contributed by atoms with Crippen molar-refractivity contribution in [1.82, 2.24) is 4.98 Å². The van der Waals surface area contributed by atoms with Gasteiger partial charge >= 0.3 is 6.03 Å². The maximum atomic E-state index is 11.9. The molecule has 0 spiro atoms. The van der Waals surface area contributed by atoms with Crippen LogP contribution in [0.5, 0.6) is 0 Å². The number of hydrogen-bond acceptors (Lipinski definition) is 2. The predicted octanol–water partition coefficient (Wildman–Crippen LogP) is 4.83. The van der Waals surface area contributed by atoms with Gasteiger partial charge < -0.3 is 10.6 Å². The van der Waals surface area contributed by atoms with E-state index in [0.29, 0.717) is 5.69 Å². The Balaban J connectivity index is 1.90. The van der Waals surface area contributed by atoms with Crippen LogP contribution in [0, 0.1) is 0 Å². The molecule has 0 saturated heterocycles. The highest BCUT2D eigenvalue weighted by Gasteiger charge is 2.03. The highest BCUT2D eigenvalue weighted by Crippen LogP contribution is 2.15. The summed E-state index contributed by atoms with van der Waals surface area (Å²) in [4.78, 5) is 15.9. The van der Waals surface area contributed by atoms with E-state index in [2.05, 4.69) is 38.5 Å². The van der Waals surface area contributed by atoms with Gasteiger partial charge in [-0.25, -0.2) is 4.79 Å². The topological polar surface area (TPSA) is 54.0 Å². The number of unbranched alkanes of at least 4 members (excludes halogenated alkanes) is 1. The average Bonchev–Trinajstić information content (AvgIpc) is 2.46. The molecule has 2 N–H and O–H groups in total. The number of carbonyl (C=O) groups is 1. The largest absolute Gasteiger partial charge is 0.323 e. The number of aryl methyl sites for hydroxylation is 1. The molecule has 2 amide bonds. The van der Waals surface area contributed by atoms with Crippen LogP contribution in [0.15, 0.2) is 47.2 Å². The fourth-order valence-electron chi connectivity index (χ4n) is 1.91. The molecule has 0 saturated carbocycles. The Morgan fingerprint density at radius 2 is 1.86 bits per heavy atom. The lowest BCUT2D eigenvalue weighted by Crippen LogP contribution is -2.19. The quantitative estimate of drug-likeness (QED) is 0.813. The number of aromatic nitrogens is 1. The van der Waals surface area contributed by atoms with Gasteiger partial charge in [-0.3, -0.25) is 4.98 Å². The minimum absolute atomic E-state index is 0.281. The first-order chi connectivity index (χ1) is 10.2. The summed E-state index contributed by atoms with van der Waals surface area (Å²) in [5, 5.41) is 5.54. The minimum Gasteiger partial charge on any atom is -0.308 e. The van der Waals surface area contributed by atoms with E-state index in [9.17, 15) is 4.79 Å². The van der Waals surface area contributed by atoms with Gasteiger partial charge in [0.1, 0.15) is 0 Å². The van der Waals surface area contributed by atoms with Crippen molar-refractivity contribution in [2.24, 2.45) is 0 Å².